The predicted octanol–water partition coefficient (Wildman–Crippen LogP) is 3.19. The molecule has 1 fully saturated rings. The maximum absolute atomic E-state index is 10.3. The number of rotatable bonds is 5. The quantitative estimate of drug-likeness (QED) is 0.769. The molecule has 0 radical (unpaired) electrons. The molecule has 0 bridgehead atoms. The molecule has 26 heavy (non-hydrogen) atoms. The zero-order valence-electron chi connectivity index (χ0n) is 14.8. The minimum absolute atomic E-state index is 0.154. The van der Waals surface area contributed by atoms with Crippen LogP contribution in [0.4, 0.5) is 0 Å². The van der Waals surface area contributed by atoms with Gasteiger partial charge in [-0.1, -0.05) is 30.3 Å². The fourth-order valence-corrected chi connectivity index (χ4v) is 3.71. The van der Waals surface area contributed by atoms with Gasteiger partial charge in [0.2, 0.25) is 0 Å². The third-order valence-corrected chi connectivity index (χ3v) is 4.96. The second-order valence-electron chi connectivity index (χ2n) is 6.66. The summed E-state index contributed by atoms with van der Waals surface area (Å²) in [6.07, 6.45) is 4.21. The van der Waals surface area contributed by atoms with Gasteiger partial charge in [0, 0.05) is 30.7 Å². The highest BCUT2D eigenvalue weighted by molar-refractivity contribution is 5.33. The first-order chi connectivity index (χ1) is 12.7. The lowest BCUT2D eigenvalue weighted by Crippen LogP contribution is -2.26. The van der Waals surface area contributed by atoms with Gasteiger partial charge in [0.1, 0.15) is 11.6 Å². The van der Waals surface area contributed by atoms with E-state index < -0.39 is 0 Å². The number of imidazole rings is 1. The molecule has 0 saturated carbocycles. The highest BCUT2D eigenvalue weighted by atomic mass is 16.5. The van der Waals surface area contributed by atoms with Crippen LogP contribution in [0.2, 0.25) is 0 Å². The maximum Gasteiger partial charge on any atom is 0.127 e. The Morgan fingerprint density at radius 2 is 2.00 bits per heavy atom. The number of ether oxygens (including phenoxy) is 1. The summed E-state index contributed by atoms with van der Waals surface area (Å²) in [6.45, 7) is 1.32. The molecule has 2 aromatic carbocycles. The average Bonchev–Trinajstić information content (AvgIpc) is 3.29. The van der Waals surface area contributed by atoms with Crippen molar-refractivity contribution in [2.45, 2.75) is 25.1 Å². The van der Waals surface area contributed by atoms with E-state index in [9.17, 15) is 5.11 Å². The van der Waals surface area contributed by atoms with Gasteiger partial charge >= 0.3 is 0 Å². The second-order valence-corrected chi connectivity index (χ2v) is 6.66. The Morgan fingerprint density at radius 3 is 2.81 bits per heavy atom. The van der Waals surface area contributed by atoms with E-state index in [1.54, 1.807) is 7.11 Å². The van der Waals surface area contributed by atoms with Gasteiger partial charge in [-0.2, -0.15) is 0 Å². The fraction of sp³-hybridized carbons (Fsp3) is 0.286. The topological polar surface area (TPSA) is 50.5 Å². The van der Waals surface area contributed by atoms with Gasteiger partial charge in [0.05, 0.1) is 19.8 Å². The molecule has 3 aromatic rings. The number of hydrogen-bond acceptors (Lipinski definition) is 4. The molecule has 1 aliphatic heterocycles. The highest BCUT2D eigenvalue weighted by Crippen LogP contribution is 2.34. The Balaban J connectivity index is 1.60. The first-order valence-electron chi connectivity index (χ1n) is 8.88. The number of hydrogen-bond donors (Lipinski definition) is 1. The van der Waals surface area contributed by atoms with Crippen LogP contribution in [0.25, 0.3) is 5.69 Å². The Labute approximate surface area is 153 Å². The largest absolute Gasteiger partial charge is 0.497 e. The summed E-state index contributed by atoms with van der Waals surface area (Å²) in [5.41, 5.74) is 2.26. The SMILES string of the molecule is COc1cccc([C@@H]2C[C@H](O)CN2Cc2nccn2-c2ccccc2)c1. The standard InChI is InChI=1S/C21H23N3O2/c1-26-19-9-5-6-16(12-19)20-13-18(25)14-23(20)15-21-22-10-11-24(21)17-7-3-2-4-8-17/h2-12,18,20,25H,13-15H2,1H3/t18-,20-/m0/s1. The molecular weight excluding hydrogens is 326 g/mol. The van der Waals surface area contributed by atoms with E-state index in [0.717, 1.165) is 23.7 Å². The lowest BCUT2D eigenvalue weighted by molar-refractivity contribution is 0.171. The van der Waals surface area contributed by atoms with Crippen molar-refractivity contribution in [2.24, 2.45) is 0 Å². The van der Waals surface area contributed by atoms with Crippen molar-refractivity contribution >= 4 is 0 Å². The van der Waals surface area contributed by atoms with Crippen LogP contribution in [0.1, 0.15) is 23.9 Å². The number of aliphatic hydroxyl groups excluding tert-OH is 1. The van der Waals surface area contributed by atoms with Crippen molar-refractivity contribution in [1.82, 2.24) is 14.5 Å². The minimum Gasteiger partial charge on any atom is -0.497 e. The van der Waals surface area contributed by atoms with Crippen molar-refractivity contribution in [3.8, 4) is 11.4 Å². The van der Waals surface area contributed by atoms with Gasteiger partial charge < -0.3 is 14.4 Å². The zero-order valence-corrected chi connectivity index (χ0v) is 14.8. The molecular formula is C21H23N3O2. The molecule has 1 N–H and O–H groups in total. The molecule has 1 aliphatic rings. The number of benzene rings is 2. The molecule has 134 valence electrons. The van der Waals surface area contributed by atoms with Crippen LogP contribution in [0.3, 0.4) is 0 Å². The summed E-state index contributed by atoms with van der Waals surface area (Å²) in [5, 5.41) is 10.3. The number of aliphatic hydroxyl groups is 1. The molecule has 2 atom stereocenters. The van der Waals surface area contributed by atoms with E-state index >= 15 is 0 Å². The number of aromatic nitrogens is 2. The van der Waals surface area contributed by atoms with Crippen LogP contribution in [0.15, 0.2) is 67.0 Å². The van der Waals surface area contributed by atoms with Gasteiger partial charge in [0.15, 0.2) is 0 Å². The van der Waals surface area contributed by atoms with Gasteiger partial charge in [-0.25, -0.2) is 4.98 Å². The van der Waals surface area contributed by atoms with Crippen molar-refractivity contribution in [1.29, 1.82) is 0 Å². The molecule has 2 heterocycles. The molecule has 1 saturated heterocycles. The molecule has 5 heteroatoms. The Hall–Kier alpha value is -2.63. The first-order valence-corrected chi connectivity index (χ1v) is 8.88. The summed E-state index contributed by atoms with van der Waals surface area (Å²) < 4.78 is 7.47. The summed E-state index contributed by atoms with van der Waals surface area (Å²) in [7, 11) is 1.68. The summed E-state index contributed by atoms with van der Waals surface area (Å²) in [5.74, 6) is 1.81. The second kappa shape index (κ2) is 7.32. The number of nitrogens with zero attached hydrogens (tertiary/aromatic N) is 3. The van der Waals surface area contributed by atoms with E-state index in [1.165, 1.54) is 5.56 Å². The first kappa shape index (κ1) is 16.8. The van der Waals surface area contributed by atoms with Crippen molar-refractivity contribution in [2.75, 3.05) is 13.7 Å². The molecule has 4 rings (SSSR count). The summed E-state index contributed by atoms with van der Waals surface area (Å²) in [4.78, 5) is 6.85. The Bertz CT molecular complexity index is 862. The van der Waals surface area contributed by atoms with Gasteiger partial charge in [-0.05, 0) is 36.2 Å². The molecule has 1 aromatic heterocycles. The third kappa shape index (κ3) is 3.36. The van der Waals surface area contributed by atoms with Crippen LogP contribution >= 0.6 is 0 Å². The maximum atomic E-state index is 10.3. The van der Waals surface area contributed by atoms with E-state index in [0.29, 0.717) is 13.1 Å². The van der Waals surface area contributed by atoms with E-state index in [1.807, 2.05) is 42.7 Å². The van der Waals surface area contributed by atoms with Crippen LogP contribution in [-0.2, 0) is 6.54 Å². The number of β-amino-alcohol motifs (C(OH)–C–C–N with tert-alkyl or cyclic N) is 1. The molecule has 0 spiro atoms. The smallest absolute Gasteiger partial charge is 0.127 e. The van der Waals surface area contributed by atoms with Crippen molar-refractivity contribution in [3.63, 3.8) is 0 Å². The van der Waals surface area contributed by atoms with Crippen LogP contribution in [0.5, 0.6) is 5.75 Å². The Kier molecular flexibility index (Phi) is 4.73. The molecule has 0 aliphatic carbocycles. The van der Waals surface area contributed by atoms with Crippen LogP contribution in [-0.4, -0.2) is 39.3 Å². The molecule has 0 unspecified atom stereocenters. The average molecular weight is 349 g/mol. The van der Waals surface area contributed by atoms with Crippen molar-refractivity contribution < 1.29 is 9.84 Å². The zero-order chi connectivity index (χ0) is 17.9. The summed E-state index contributed by atoms with van der Waals surface area (Å²) in [6, 6.07) is 18.5. The predicted molar refractivity (Wildman–Crippen MR) is 100 cm³/mol. The van der Waals surface area contributed by atoms with E-state index in [4.69, 9.17) is 4.74 Å². The van der Waals surface area contributed by atoms with Crippen LogP contribution < -0.4 is 4.74 Å². The number of para-hydroxylation sites is 1. The highest BCUT2D eigenvalue weighted by Gasteiger charge is 2.33. The lowest BCUT2D eigenvalue weighted by atomic mass is 10.0. The van der Waals surface area contributed by atoms with Gasteiger partial charge in [-0.3, -0.25) is 4.90 Å². The normalized spacial score (nSPS) is 20.4. The van der Waals surface area contributed by atoms with Crippen molar-refractivity contribution in [3.05, 3.63) is 78.4 Å². The van der Waals surface area contributed by atoms with E-state index in [-0.39, 0.29) is 12.1 Å². The van der Waals surface area contributed by atoms with E-state index in [2.05, 4.69) is 38.7 Å². The minimum atomic E-state index is -0.327. The number of likely N-dealkylation sites (tertiary alicyclic amines) is 1. The van der Waals surface area contributed by atoms with Gasteiger partial charge in [0.25, 0.3) is 0 Å². The molecule has 5 nitrogen and oxygen atoms in total. The fourth-order valence-electron chi connectivity index (χ4n) is 3.71. The van der Waals surface area contributed by atoms with Gasteiger partial charge in [-0.15, -0.1) is 0 Å². The summed E-state index contributed by atoms with van der Waals surface area (Å²) >= 11 is 0. The van der Waals surface area contributed by atoms with Crippen LogP contribution in [0, 0.1) is 0 Å². The molecule has 0 amide bonds. The number of methoxy groups -OCH3 is 1. The third-order valence-electron chi connectivity index (χ3n) is 4.96. The Morgan fingerprint density at radius 1 is 1.15 bits per heavy atom. The lowest BCUT2D eigenvalue weighted by Gasteiger charge is -2.24. The monoisotopic (exact) mass is 349 g/mol.